The number of benzene rings is 1. The summed E-state index contributed by atoms with van der Waals surface area (Å²) in [6, 6.07) is 7.88. The van der Waals surface area contributed by atoms with Gasteiger partial charge < -0.3 is 4.52 Å². The first kappa shape index (κ1) is 14.0. The van der Waals surface area contributed by atoms with Gasteiger partial charge in [-0.25, -0.2) is 0 Å². The average Bonchev–Trinajstić information content (AvgIpc) is 3.11. The Labute approximate surface area is 134 Å². The average molecular weight is 360 g/mol. The van der Waals surface area contributed by atoms with Crippen LogP contribution in [0.3, 0.4) is 0 Å². The van der Waals surface area contributed by atoms with E-state index >= 15 is 0 Å². The zero-order chi connectivity index (χ0) is 15.0. The van der Waals surface area contributed by atoms with E-state index in [1.54, 1.807) is 6.07 Å². The summed E-state index contributed by atoms with van der Waals surface area (Å²) >= 11 is 4.96. The Balaban J connectivity index is 2.05. The van der Waals surface area contributed by atoms with Gasteiger partial charge in [0.25, 0.3) is 5.89 Å². The molecule has 0 spiro atoms. The van der Waals surface area contributed by atoms with Crippen LogP contribution in [-0.4, -0.2) is 10.1 Å². The lowest BCUT2D eigenvalue weighted by Gasteiger charge is -2.04. The molecular weight excluding hydrogens is 350 g/mol. The Morgan fingerprint density at radius 1 is 1.29 bits per heavy atom. The van der Waals surface area contributed by atoms with Crippen molar-refractivity contribution in [3.05, 3.63) is 44.7 Å². The van der Waals surface area contributed by atoms with Crippen LogP contribution in [0.2, 0.25) is 0 Å². The predicted octanol–water partition coefficient (Wildman–Crippen LogP) is 4.72. The molecule has 104 valence electrons. The molecule has 0 bridgehead atoms. The molecule has 2 aromatic heterocycles. The standard InChI is InChI=1S/C15H10BrN3OS/c1-8-5-11(6-9(2)12(8)16)14-18-15(20-19-14)13-10(7-17)3-4-21-13/h3-6H,1-2H3. The Morgan fingerprint density at radius 2 is 2.00 bits per heavy atom. The number of nitriles is 1. The van der Waals surface area contributed by atoms with E-state index in [0.29, 0.717) is 22.2 Å². The van der Waals surface area contributed by atoms with Crippen LogP contribution in [0.15, 0.2) is 32.6 Å². The number of thiophene rings is 1. The van der Waals surface area contributed by atoms with Gasteiger partial charge in [0.2, 0.25) is 5.82 Å². The summed E-state index contributed by atoms with van der Waals surface area (Å²) in [6.45, 7) is 4.04. The minimum Gasteiger partial charge on any atom is -0.333 e. The maximum atomic E-state index is 9.06. The van der Waals surface area contributed by atoms with Crippen LogP contribution >= 0.6 is 27.3 Å². The Morgan fingerprint density at radius 3 is 2.67 bits per heavy atom. The van der Waals surface area contributed by atoms with Crippen molar-refractivity contribution < 1.29 is 4.52 Å². The number of rotatable bonds is 2. The molecule has 0 aliphatic heterocycles. The third-order valence-electron chi connectivity index (χ3n) is 3.10. The van der Waals surface area contributed by atoms with Gasteiger partial charge in [0.05, 0.1) is 5.56 Å². The van der Waals surface area contributed by atoms with E-state index in [-0.39, 0.29) is 0 Å². The first-order chi connectivity index (χ1) is 10.1. The second-order valence-corrected chi connectivity index (χ2v) is 6.33. The molecular formula is C15H10BrN3OS. The number of halogens is 1. The highest BCUT2D eigenvalue weighted by molar-refractivity contribution is 9.10. The quantitative estimate of drug-likeness (QED) is 0.664. The largest absolute Gasteiger partial charge is 0.333 e. The van der Waals surface area contributed by atoms with Crippen LogP contribution in [-0.2, 0) is 0 Å². The summed E-state index contributed by atoms with van der Waals surface area (Å²) in [4.78, 5) is 5.12. The lowest BCUT2D eigenvalue weighted by molar-refractivity contribution is 0.433. The molecule has 3 rings (SSSR count). The topological polar surface area (TPSA) is 62.7 Å². The van der Waals surface area contributed by atoms with E-state index in [9.17, 15) is 0 Å². The maximum Gasteiger partial charge on any atom is 0.269 e. The molecule has 0 aliphatic carbocycles. The number of aryl methyl sites for hydroxylation is 2. The third kappa shape index (κ3) is 2.50. The van der Waals surface area contributed by atoms with Gasteiger partial charge >= 0.3 is 0 Å². The molecule has 6 heteroatoms. The van der Waals surface area contributed by atoms with E-state index in [2.05, 4.69) is 32.1 Å². The van der Waals surface area contributed by atoms with Crippen LogP contribution in [0.4, 0.5) is 0 Å². The summed E-state index contributed by atoms with van der Waals surface area (Å²) in [5.74, 6) is 0.913. The van der Waals surface area contributed by atoms with E-state index in [1.165, 1.54) is 11.3 Å². The Bertz CT molecular complexity index is 837. The molecule has 3 aromatic rings. The Hall–Kier alpha value is -1.97. The second kappa shape index (κ2) is 5.43. The smallest absolute Gasteiger partial charge is 0.269 e. The van der Waals surface area contributed by atoms with Gasteiger partial charge in [-0.2, -0.15) is 10.2 Å². The number of hydrogen-bond acceptors (Lipinski definition) is 5. The molecule has 1 aromatic carbocycles. The van der Waals surface area contributed by atoms with Crippen molar-refractivity contribution >= 4 is 27.3 Å². The van der Waals surface area contributed by atoms with Crippen LogP contribution in [0, 0.1) is 25.2 Å². The van der Waals surface area contributed by atoms with Gasteiger partial charge in [-0.1, -0.05) is 21.1 Å². The molecule has 0 saturated heterocycles. The number of aromatic nitrogens is 2. The van der Waals surface area contributed by atoms with Crippen LogP contribution in [0.5, 0.6) is 0 Å². The summed E-state index contributed by atoms with van der Waals surface area (Å²) in [5.41, 5.74) is 3.69. The van der Waals surface area contributed by atoms with Gasteiger partial charge in [0.15, 0.2) is 0 Å². The number of hydrogen-bond donors (Lipinski definition) is 0. The second-order valence-electron chi connectivity index (χ2n) is 4.62. The molecule has 0 fully saturated rings. The molecule has 0 aliphatic rings. The summed E-state index contributed by atoms with van der Waals surface area (Å²) in [5, 5.41) is 14.9. The van der Waals surface area contributed by atoms with Crippen molar-refractivity contribution in [1.82, 2.24) is 10.1 Å². The Kier molecular flexibility index (Phi) is 3.62. The van der Waals surface area contributed by atoms with Gasteiger partial charge in [0, 0.05) is 10.0 Å². The normalized spacial score (nSPS) is 10.6. The SMILES string of the molecule is Cc1cc(-c2noc(-c3sccc3C#N)n2)cc(C)c1Br. The predicted molar refractivity (Wildman–Crippen MR) is 84.9 cm³/mol. The fourth-order valence-electron chi connectivity index (χ4n) is 2.07. The number of nitrogens with zero attached hydrogens (tertiary/aromatic N) is 3. The molecule has 0 radical (unpaired) electrons. The van der Waals surface area contributed by atoms with E-state index < -0.39 is 0 Å². The van der Waals surface area contributed by atoms with Gasteiger partial charge in [-0.3, -0.25) is 0 Å². The van der Waals surface area contributed by atoms with E-state index in [0.717, 1.165) is 21.2 Å². The molecule has 21 heavy (non-hydrogen) atoms. The fraction of sp³-hybridized carbons (Fsp3) is 0.133. The summed E-state index contributed by atoms with van der Waals surface area (Å²) < 4.78 is 6.39. The molecule has 0 amide bonds. The molecule has 0 saturated carbocycles. The van der Waals surface area contributed by atoms with E-state index in [1.807, 2.05) is 31.4 Å². The minimum atomic E-state index is 0.384. The van der Waals surface area contributed by atoms with Crippen molar-refractivity contribution in [2.75, 3.05) is 0 Å². The first-order valence-electron chi connectivity index (χ1n) is 6.19. The van der Waals surface area contributed by atoms with Crippen molar-refractivity contribution in [1.29, 1.82) is 5.26 Å². The third-order valence-corrected chi connectivity index (χ3v) is 5.25. The molecule has 0 N–H and O–H groups in total. The highest BCUT2D eigenvalue weighted by Crippen LogP contribution is 2.31. The van der Waals surface area contributed by atoms with Gasteiger partial charge in [0.1, 0.15) is 10.9 Å². The highest BCUT2D eigenvalue weighted by Gasteiger charge is 2.16. The monoisotopic (exact) mass is 359 g/mol. The van der Waals surface area contributed by atoms with Crippen LogP contribution in [0.25, 0.3) is 22.2 Å². The van der Waals surface area contributed by atoms with E-state index in [4.69, 9.17) is 9.78 Å². The van der Waals surface area contributed by atoms with Crippen molar-refractivity contribution in [3.63, 3.8) is 0 Å². The maximum absolute atomic E-state index is 9.06. The van der Waals surface area contributed by atoms with Crippen molar-refractivity contribution in [2.24, 2.45) is 0 Å². The van der Waals surface area contributed by atoms with Gasteiger partial charge in [-0.05, 0) is 48.6 Å². The van der Waals surface area contributed by atoms with Gasteiger partial charge in [-0.15, -0.1) is 11.3 Å². The summed E-state index contributed by atoms with van der Waals surface area (Å²) in [6.07, 6.45) is 0. The van der Waals surface area contributed by atoms with Crippen molar-refractivity contribution in [3.8, 4) is 28.2 Å². The van der Waals surface area contributed by atoms with Crippen LogP contribution in [0.1, 0.15) is 16.7 Å². The molecule has 0 atom stereocenters. The van der Waals surface area contributed by atoms with Crippen molar-refractivity contribution in [2.45, 2.75) is 13.8 Å². The lowest BCUT2D eigenvalue weighted by atomic mass is 10.1. The minimum absolute atomic E-state index is 0.384. The summed E-state index contributed by atoms with van der Waals surface area (Å²) in [7, 11) is 0. The highest BCUT2D eigenvalue weighted by atomic mass is 79.9. The zero-order valence-electron chi connectivity index (χ0n) is 11.3. The molecule has 4 nitrogen and oxygen atoms in total. The zero-order valence-corrected chi connectivity index (χ0v) is 13.7. The first-order valence-corrected chi connectivity index (χ1v) is 7.86. The molecule has 0 unspecified atom stereocenters. The van der Waals surface area contributed by atoms with Crippen LogP contribution < -0.4 is 0 Å². The lowest BCUT2D eigenvalue weighted by Crippen LogP contribution is -1.87. The molecule has 2 heterocycles. The fourth-order valence-corrected chi connectivity index (χ4v) is 3.06.